The quantitative estimate of drug-likeness (QED) is 0.910. The van der Waals surface area contributed by atoms with Gasteiger partial charge in [0.05, 0.1) is 0 Å². The first kappa shape index (κ1) is 13.1. The van der Waals surface area contributed by atoms with Gasteiger partial charge in [0.25, 0.3) is 0 Å². The van der Waals surface area contributed by atoms with Crippen molar-refractivity contribution in [2.45, 2.75) is 22.9 Å². The largest absolute Gasteiger partial charge is 0.313 e. The summed E-state index contributed by atoms with van der Waals surface area (Å²) in [5.41, 5.74) is 1.08. The maximum Gasteiger partial charge on any atom is 0.137 e. The molecule has 1 atom stereocenters. The van der Waals surface area contributed by atoms with E-state index in [1.54, 1.807) is 18.3 Å². The third kappa shape index (κ3) is 2.89. The van der Waals surface area contributed by atoms with Crippen molar-refractivity contribution in [2.24, 2.45) is 0 Å². The minimum absolute atomic E-state index is 0.188. The highest BCUT2D eigenvalue weighted by atomic mass is 32.2. The van der Waals surface area contributed by atoms with Crippen LogP contribution in [0, 0.1) is 5.82 Å². The molecular formula is C14H15FN2S. The molecule has 1 heterocycles. The first-order valence-electron chi connectivity index (χ1n) is 5.77. The van der Waals surface area contributed by atoms with Crippen LogP contribution in [0.4, 0.5) is 4.39 Å². The predicted molar refractivity (Wildman–Crippen MR) is 72.2 cm³/mol. The lowest BCUT2D eigenvalue weighted by Gasteiger charge is -2.14. The molecule has 0 saturated carbocycles. The molecule has 0 saturated heterocycles. The molecular weight excluding hydrogens is 247 g/mol. The van der Waals surface area contributed by atoms with Crippen LogP contribution in [-0.4, -0.2) is 12.0 Å². The van der Waals surface area contributed by atoms with E-state index >= 15 is 0 Å². The Balaban J connectivity index is 2.32. The third-order valence-corrected chi connectivity index (χ3v) is 3.83. The van der Waals surface area contributed by atoms with Crippen molar-refractivity contribution in [1.29, 1.82) is 0 Å². The summed E-state index contributed by atoms with van der Waals surface area (Å²) in [6.45, 7) is 2.06. The Morgan fingerprint density at radius 2 is 2.00 bits per heavy atom. The van der Waals surface area contributed by atoms with Crippen molar-refractivity contribution in [3.8, 4) is 0 Å². The van der Waals surface area contributed by atoms with Crippen molar-refractivity contribution in [3.05, 3.63) is 54.0 Å². The molecule has 1 N–H and O–H groups in total. The number of pyridine rings is 1. The van der Waals surface area contributed by atoms with Gasteiger partial charge in [0.1, 0.15) is 10.8 Å². The molecule has 2 rings (SSSR count). The second-order valence-corrected chi connectivity index (χ2v) is 4.97. The molecule has 0 amide bonds. The Morgan fingerprint density at radius 1 is 1.22 bits per heavy atom. The monoisotopic (exact) mass is 262 g/mol. The molecule has 2 aromatic rings. The second-order valence-electron chi connectivity index (χ2n) is 3.94. The first-order chi connectivity index (χ1) is 8.72. The van der Waals surface area contributed by atoms with E-state index in [-0.39, 0.29) is 11.9 Å². The van der Waals surface area contributed by atoms with E-state index in [0.717, 1.165) is 10.6 Å². The first-order valence-corrected chi connectivity index (χ1v) is 6.58. The predicted octanol–water partition coefficient (Wildman–Crippen LogP) is 3.65. The van der Waals surface area contributed by atoms with Gasteiger partial charge >= 0.3 is 0 Å². The van der Waals surface area contributed by atoms with Gasteiger partial charge in [-0.15, -0.1) is 0 Å². The lowest BCUT2D eigenvalue weighted by atomic mass is 10.1. The van der Waals surface area contributed by atoms with Gasteiger partial charge < -0.3 is 5.32 Å². The molecule has 0 radical (unpaired) electrons. The summed E-state index contributed by atoms with van der Waals surface area (Å²) in [6, 6.07) is 10.8. The van der Waals surface area contributed by atoms with Gasteiger partial charge in [0, 0.05) is 22.7 Å². The maximum atomic E-state index is 13.6. The number of rotatable bonds is 4. The zero-order valence-electron chi connectivity index (χ0n) is 10.4. The van der Waals surface area contributed by atoms with Crippen LogP contribution in [0.15, 0.2) is 52.5 Å². The van der Waals surface area contributed by atoms with Crippen LogP contribution in [0.25, 0.3) is 0 Å². The van der Waals surface area contributed by atoms with Crippen LogP contribution in [-0.2, 0) is 0 Å². The van der Waals surface area contributed by atoms with E-state index in [1.807, 2.05) is 25.2 Å². The Bertz CT molecular complexity index is 531. The van der Waals surface area contributed by atoms with E-state index in [9.17, 15) is 4.39 Å². The summed E-state index contributed by atoms with van der Waals surface area (Å²) < 4.78 is 13.6. The molecule has 0 spiro atoms. The highest BCUT2D eigenvalue weighted by Gasteiger charge is 2.12. The Hall–Kier alpha value is -1.39. The second kappa shape index (κ2) is 5.98. The topological polar surface area (TPSA) is 24.9 Å². The fourth-order valence-electron chi connectivity index (χ4n) is 1.61. The standard InChI is InChI=1S/C14H15FN2S/c1-10(16-2)11-6-5-9-17-14(11)18-13-8-4-3-7-12(13)15/h3-10,16H,1-2H3. The van der Waals surface area contributed by atoms with E-state index in [0.29, 0.717) is 4.90 Å². The van der Waals surface area contributed by atoms with Gasteiger partial charge in [-0.05, 0) is 32.2 Å². The fourth-order valence-corrected chi connectivity index (χ4v) is 2.60. The molecule has 1 aromatic carbocycles. The van der Waals surface area contributed by atoms with Crippen LogP contribution in [0.5, 0.6) is 0 Å². The fraction of sp³-hybridized carbons (Fsp3) is 0.214. The van der Waals surface area contributed by atoms with Crippen molar-refractivity contribution in [1.82, 2.24) is 10.3 Å². The molecule has 18 heavy (non-hydrogen) atoms. The molecule has 1 unspecified atom stereocenters. The van der Waals surface area contributed by atoms with Crippen LogP contribution in [0.3, 0.4) is 0 Å². The minimum Gasteiger partial charge on any atom is -0.313 e. The molecule has 4 heteroatoms. The van der Waals surface area contributed by atoms with Gasteiger partial charge in [-0.25, -0.2) is 9.37 Å². The zero-order valence-corrected chi connectivity index (χ0v) is 11.2. The average molecular weight is 262 g/mol. The third-order valence-electron chi connectivity index (χ3n) is 2.74. The molecule has 0 aliphatic rings. The van der Waals surface area contributed by atoms with Gasteiger partial charge in [0.2, 0.25) is 0 Å². The zero-order chi connectivity index (χ0) is 13.0. The van der Waals surface area contributed by atoms with E-state index in [2.05, 4.69) is 17.2 Å². The molecule has 1 aromatic heterocycles. The summed E-state index contributed by atoms with van der Waals surface area (Å²) in [5.74, 6) is -0.212. The highest BCUT2D eigenvalue weighted by molar-refractivity contribution is 7.99. The lowest BCUT2D eigenvalue weighted by molar-refractivity contribution is 0.601. The maximum absolute atomic E-state index is 13.6. The summed E-state index contributed by atoms with van der Waals surface area (Å²) in [5, 5.41) is 4.01. The Kier molecular flexibility index (Phi) is 4.33. The number of nitrogens with one attached hydrogen (secondary N) is 1. The van der Waals surface area contributed by atoms with Crippen molar-refractivity contribution in [2.75, 3.05) is 7.05 Å². The number of halogens is 1. The molecule has 0 bridgehead atoms. The normalized spacial score (nSPS) is 12.4. The number of benzene rings is 1. The minimum atomic E-state index is -0.212. The average Bonchev–Trinajstić information content (AvgIpc) is 2.41. The van der Waals surface area contributed by atoms with Crippen molar-refractivity contribution >= 4 is 11.8 Å². The summed E-state index contributed by atoms with van der Waals surface area (Å²) >= 11 is 1.36. The smallest absolute Gasteiger partial charge is 0.137 e. The lowest BCUT2D eigenvalue weighted by Crippen LogP contribution is -2.13. The van der Waals surface area contributed by atoms with E-state index in [1.165, 1.54) is 17.8 Å². The van der Waals surface area contributed by atoms with Crippen molar-refractivity contribution in [3.63, 3.8) is 0 Å². The van der Waals surface area contributed by atoms with Crippen LogP contribution >= 0.6 is 11.8 Å². The van der Waals surface area contributed by atoms with Crippen LogP contribution in [0.2, 0.25) is 0 Å². The summed E-state index contributed by atoms with van der Waals surface area (Å²) in [6.07, 6.45) is 1.73. The Labute approximate surface area is 111 Å². The van der Waals surface area contributed by atoms with Crippen LogP contribution in [0.1, 0.15) is 18.5 Å². The highest BCUT2D eigenvalue weighted by Crippen LogP contribution is 2.32. The number of nitrogens with zero attached hydrogens (tertiary/aromatic N) is 1. The summed E-state index contributed by atoms with van der Waals surface area (Å²) in [4.78, 5) is 4.94. The Morgan fingerprint density at radius 3 is 2.72 bits per heavy atom. The molecule has 0 aliphatic heterocycles. The van der Waals surface area contributed by atoms with Crippen molar-refractivity contribution < 1.29 is 4.39 Å². The number of aromatic nitrogens is 1. The molecule has 94 valence electrons. The molecule has 0 fully saturated rings. The molecule has 2 nitrogen and oxygen atoms in total. The van der Waals surface area contributed by atoms with E-state index in [4.69, 9.17) is 0 Å². The van der Waals surface area contributed by atoms with Gasteiger partial charge in [-0.2, -0.15) is 0 Å². The van der Waals surface area contributed by atoms with Crippen LogP contribution < -0.4 is 5.32 Å². The number of hydrogen-bond donors (Lipinski definition) is 1. The van der Waals surface area contributed by atoms with E-state index < -0.39 is 0 Å². The SMILES string of the molecule is CNC(C)c1cccnc1Sc1ccccc1F. The van der Waals surface area contributed by atoms with Gasteiger partial charge in [-0.1, -0.05) is 30.0 Å². The van der Waals surface area contributed by atoms with Gasteiger partial charge in [-0.3, -0.25) is 0 Å². The molecule has 0 aliphatic carbocycles. The summed E-state index contributed by atoms with van der Waals surface area (Å²) in [7, 11) is 1.90. The number of hydrogen-bond acceptors (Lipinski definition) is 3. The van der Waals surface area contributed by atoms with Gasteiger partial charge in [0.15, 0.2) is 0 Å².